The van der Waals surface area contributed by atoms with Gasteiger partial charge < -0.3 is 5.32 Å². The Morgan fingerprint density at radius 2 is 1.76 bits per heavy atom. The summed E-state index contributed by atoms with van der Waals surface area (Å²) in [6.07, 6.45) is -4.54. The molecule has 29 heavy (non-hydrogen) atoms. The number of carbonyl (C=O) groups is 1. The smallest absolute Gasteiger partial charge is 0.323 e. The van der Waals surface area contributed by atoms with E-state index in [-0.39, 0.29) is 16.4 Å². The zero-order valence-electron chi connectivity index (χ0n) is 15.6. The summed E-state index contributed by atoms with van der Waals surface area (Å²) in [6.45, 7) is 3.11. The maximum atomic E-state index is 13.0. The van der Waals surface area contributed by atoms with Crippen molar-refractivity contribution in [2.24, 2.45) is 7.05 Å². The van der Waals surface area contributed by atoms with Crippen LogP contribution in [0.1, 0.15) is 19.4 Å². The molecule has 0 bridgehead atoms. The molecule has 0 saturated heterocycles. The van der Waals surface area contributed by atoms with Crippen LogP contribution >= 0.6 is 34.2 Å². The third-order valence-electron chi connectivity index (χ3n) is 4.68. The van der Waals surface area contributed by atoms with Gasteiger partial charge in [0.15, 0.2) is 0 Å². The van der Waals surface area contributed by atoms with Gasteiger partial charge in [-0.25, -0.2) is 4.79 Å². The fourth-order valence-electron chi connectivity index (χ4n) is 3.03. The quantitative estimate of drug-likeness (QED) is 0.479. The van der Waals surface area contributed by atoms with E-state index in [9.17, 15) is 22.8 Å². The molecule has 1 aromatic heterocycles. The Kier molecular flexibility index (Phi) is 5.50. The van der Waals surface area contributed by atoms with Crippen LogP contribution < -0.4 is 11.0 Å². The van der Waals surface area contributed by atoms with Crippen LogP contribution in [0, 0.1) is 3.57 Å². The van der Waals surface area contributed by atoms with Gasteiger partial charge in [0, 0.05) is 10.6 Å². The second-order valence-electron chi connectivity index (χ2n) is 7.02. The van der Waals surface area contributed by atoms with Gasteiger partial charge in [-0.05, 0) is 72.8 Å². The van der Waals surface area contributed by atoms with Crippen LogP contribution in [0.3, 0.4) is 0 Å². The lowest BCUT2D eigenvalue weighted by Crippen LogP contribution is -2.45. The standard InChI is InChI=1S/C19H16ClF3IN3O2/c1-18(2,27-15-9-11(24)5-7-14(15)26(3)17(27)29)16(28)25-13-6-4-10(8-12(13)20)19(21,22)23/h4-9H,1-3H3,(H,25,28). The Morgan fingerprint density at radius 3 is 2.34 bits per heavy atom. The average molecular weight is 538 g/mol. The minimum Gasteiger partial charge on any atom is -0.323 e. The number of aromatic nitrogens is 2. The molecule has 0 atom stereocenters. The normalized spacial score (nSPS) is 12.4. The fourth-order valence-corrected chi connectivity index (χ4v) is 3.73. The van der Waals surface area contributed by atoms with Gasteiger partial charge in [0.25, 0.3) is 0 Å². The van der Waals surface area contributed by atoms with Crippen molar-refractivity contribution in [1.82, 2.24) is 9.13 Å². The molecule has 0 fully saturated rings. The summed E-state index contributed by atoms with van der Waals surface area (Å²) in [4.78, 5) is 25.8. The second-order valence-corrected chi connectivity index (χ2v) is 8.67. The van der Waals surface area contributed by atoms with Gasteiger partial charge >= 0.3 is 11.9 Å². The number of amides is 1. The number of halogens is 5. The zero-order valence-corrected chi connectivity index (χ0v) is 18.5. The summed E-state index contributed by atoms with van der Waals surface area (Å²) in [7, 11) is 1.61. The van der Waals surface area contributed by atoms with Crippen molar-refractivity contribution in [2.75, 3.05) is 5.32 Å². The molecule has 0 aliphatic heterocycles. The number of hydrogen-bond donors (Lipinski definition) is 1. The Labute approximate surface area is 182 Å². The predicted molar refractivity (Wildman–Crippen MR) is 114 cm³/mol. The topological polar surface area (TPSA) is 56.0 Å². The SMILES string of the molecule is Cn1c(=O)n(C(C)(C)C(=O)Nc2ccc(C(F)(F)F)cc2Cl)c2cc(I)ccc21. The highest BCUT2D eigenvalue weighted by Gasteiger charge is 2.35. The summed E-state index contributed by atoms with van der Waals surface area (Å²) >= 11 is 8.05. The molecule has 0 unspecified atom stereocenters. The van der Waals surface area contributed by atoms with E-state index in [2.05, 4.69) is 27.9 Å². The Balaban J connectivity index is 2.02. The van der Waals surface area contributed by atoms with Crippen molar-refractivity contribution in [3.05, 3.63) is 61.0 Å². The van der Waals surface area contributed by atoms with E-state index in [1.807, 2.05) is 6.07 Å². The van der Waals surface area contributed by atoms with Crippen molar-refractivity contribution < 1.29 is 18.0 Å². The minimum atomic E-state index is -4.54. The molecule has 1 amide bonds. The number of rotatable bonds is 3. The Hall–Kier alpha value is -2.01. The summed E-state index contributed by atoms with van der Waals surface area (Å²) < 4.78 is 42.1. The number of carbonyl (C=O) groups excluding carboxylic acids is 1. The van der Waals surface area contributed by atoms with E-state index >= 15 is 0 Å². The molecule has 1 heterocycles. The first-order valence-corrected chi connectivity index (χ1v) is 9.85. The van der Waals surface area contributed by atoms with Crippen LogP contribution in [0.25, 0.3) is 11.0 Å². The molecule has 0 aliphatic carbocycles. The number of imidazole rings is 1. The van der Waals surface area contributed by atoms with E-state index < -0.39 is 23.2 Å². The zero-order chi connectivity index (χ0) is 21.7. The van der Waals surface area contributed by atoms with Crippen LogP contribution in [-0.4, -0.2) is 15.0 Å². The number of nitrogens with zero attached hydrogens (tertiary/aromatic N) is 2. The van der Waals surface area contributed by atoms with Gasteiger partial charge in [0.2, 0.25) is 5.91 Å². The van der Waals surface area contributed by atoms with Crippen LogP contribution in [0.15, 0.2) is 41.2 Å². The number of nitrogens with one attached hydrogen (secondary N) is 1. The van der Waals surface area contributed by atoms with Gasteiger partial charge in [0.05, 0.1) is 27.3 Å². The molecule has 3 aromatic rings. The lowest BCUT2D eigenvalue weighted by molar-refractivity contribution is -0.137. The molecule has 0 spiro atoms. The number of hydrogen-bond acceptors (Lipinski definition) is 2. The first-order valence-electron chi connectivity index (χ1n) is 8.39. The Bertz CT molecular complexity index is 1180. The first kappa shape index (κ1) is 21.7. The molecule has 0 aliphatic rings. The van der Waals surface area contributed by atoms with Crippen LogP contribution in [0.5, 0.6) is 0 Å². The van der Waals surface area contributed by atoms with Gasteiger partial charge in [-0.1, -0.05) is 11.6 Å². The maximum Gasteiger partial charge on any atom is 0.416 e. The lowest BCUT2D eigenvalue weighted by Gasteiger charge is -2.26. The largest absolute Gasteiger partial charge is 0.416 e. The second kappa shape index (κ2) is 7.35. The minimum absolute atomic E-state index is 0.0283. The molecule has 5 nitrogen and oxygen atoms in total. The summed E-state index contributed by atoms with van der Waals surface area (Å²) in [5.74, 6) is -0.590. The molecular weight excluding hydrogens is 522 g/mol. The summed E-state index contributed by atoms with van der Waals surface area (Å²) in [5, 5.41) is 2.29. The van der Waals surface area contributed by atoms with E-state index in [1.54, 1.807) is 33.0 Å². The average Bonchev–Trinajstić information content (AvgIpc) is 2.86. The van der Waals surface area contributed by atoms with Crippen LogP contribution in [0.4, 0.5) is 18.9 Å². The van der Waals surface area contributed by atoms with E-state index in [0.717, 1.165) is 21.8 Å². The van der Waals surface area contributed by atoms with Gasteiger partial charge in [-0.15, -0.1) is 0 Å². The highest BCUT2D eigenvalue weighted by Crippen LogP contribution is 2.34. The van der Waals surface area contributed by atoms with Crippen molar-refractivity contribution in [3.8, 4) is 0 Å². The fraction of sp³-hybridized carbons (Fsp3) is 0.263. The number of alkyl halides is 3. The van der Waals surface area contributed by atoms with Crippen molar-refractivity contribution >= 4 is 56.8 Å². The highest BCUT2D eigenvalue weighted by atomic mass is 127. The molecule has 10 heteroatoms. The maximum absolute atomic E-state index is 13.0. The van der Waals surface area contributed by atoms with Gasteiger partial charge in [0.1, 0.15) is 5.54 Å². The monoisotopic (exact) mass is 537 g/mol. The molecule has 154 valence electrons. The molecule has 0 radical (unpaired) electrons. The number of fused-ring (bicyclic) bond motifs is 1. The van der Waals surface area contributed by atoms with E-state index in [1.165, 1.54) is 9.13 Å². The van der Waals surface area contributed by atoms with Crippen molar-refractivity contribution in [1.29, 1.82) is 0 Å². The number of aryl methyl sites for hydroxylation is 1. The van der Waals surface area contributed by atoms with Crippen LogP contribution in [0.2, 0.25) is 5.02 Å². The third kappa shape index (κ3) is 3.89. The first-order chi connectivity index (χ1) is 13.3. The van der Waals surface area contributed by atoms with Gasteiger partial charge in [-0.2, -0.15) is 13.2 Å². The van der Waals surface area contributed by atoms with E-state index in [4.69, 9.17) is 11.6 Å². The molecule has 1 N–H and O–H groups in total. The molecule has 2 aromatic carbocycles. The summed E-state index contributed by atoms with van der Waals surface area (Å²) in [5.41, 5.74) is -1.39. The van der Waals surface area contributed by atoms with Crippen molar-refractivity contribution in [2.45, 2.75) is 25.6 Å². The molecular formula is C19H16ClF3IN3O2. The third-order valence-corrected chi connectivity index (χ3v) is 5.66. The van der Waals surface area contributed by atoms with Crippen molar-refractivity contribution in [3.63, 3.8) is 0 Å². The molecule has 3 rings (SSSR count). The number of benzene rings is 2. The van der Waals surface area contributed by atoms with Crippen LogP contribution in [-0.2, 0) is 23.6 Å². The molecule has 0 saturated carbocycles. The van der Waals surface area contributed by atoms with Gasteiger partial charge in [-0.3, -0.25) is 13.9 Å². The summed E-state index contributed by atoms with van der Waals surface area (Å²) in [6, 6.07) is 8.10. The highest BCUT2D eigenvalue weighted by molar-refractivity contribution is 14.1. The number of anilines is 1. The Morgan fingerprint density at radius 1 is 1.10 bits per heavy atom. The predicted octanol–water partition coefficient (Wildman–Crippen LogP) is 4.99. The van der Waals surface area contributed by atoms with E-state index in [0.29, 0.717) is 11.0 Å². The lowest BCUT2D eigenvalue weighted by atomic mass is 10.0.